The van der Waals surface area contributed by atoms with Gasteiger partial charge >= 0.3 is 6.18 Å². The van der Waals surface area contributed by atoms with Gasteiger partial charge in [-0.15, -0.1) is 11.3 Å². The molecular formula is C15H19F3N2OS. The molecule has 0 aliphatic heterocycles. The summed E-state index contributed by atoms with van der Waals surface area (Å²) in [6, 6.07) is 0. The highest BCUT2D eigenvalue weighted by molar-refractivity contribution is 7.17. The van der Waals surface area contributed by atoms with E-state index in [1.807, 2.05) is 0 Å². The summed E-state index contributed by atoms with van der Waals surface area (Å²) in [6.07, 6.45) is 0.548. The van der Waals surface area contributed by atoms with Gasteiger partial charge in [0.05, 0.1) is 18.0 Å². The van der Waals surface area contributed by atoms with Crippen LogP contribution in [-0.2, 0) is 6.18 Å². The average Bonchev–Trinajstić information content (AvgIpc) is 2.96. The van der Waals surface area contributed by atoms with Gasteiger partial charge in [-0.25, -0.2) is 4.98 Å². The van der Waals surface area contributed by atoms with Crippen LogP contribution in [0.1, 0.15) is 56.2 Å². The van der Waals surface area contributed by atoms with Gasteiger partial charge in [-0.2, -0.15) is 13.2 Å². The normalized spacial score (nSPS) is 21.4. The highest BCUT2D eigenvalue weighted by Gasteiger charge is 2.41. The molecule has 0 aromatic carbocycles. The van der Waals surface area contributed by atoms with Crippen molar-refractivity contribution >= 4 is 16.2 Å². The third kappa shape index (κ3) is 2.76. The molecule has 2 aromatic heterocycles. The molecule has 1 aliphatic carbocycles. The largest absolute Gasteiger partial charge is 0.427 e. The van der Waals surface area contributed by atoms with Crippen LogP contribution in [0.5, 0.6) is 0 Å². The van der Waals surface area contributed by atoms with E-state index in [1.54, 1.807) is 0 Å². The number of rotatable bonds is 2. The first-order valence-electron chi connectivity index (χ1n) is 7.39. The van der Waals surface area contributed by atoms with Gasteiger partial charge in [0.2, 0.25) is 0 Å². The van der Waals surface area contributed by atoms with Crippen molar-refractivity contribution in [2.45, 2.75) is 51.8 Å². The fourth-order valence-corrected chi connectivity index (χ4v) is 4.25. The number of aliphatic hydroxyl groups is 1. The number of aromatic nitrogens is 2. The Morgan fingerprint density at radius 3 is 2.59 bits per heavy atom. The lowest BCUT2D eigenvalue weighted by Gasteiger charge is -2.36. The van der Waals surface area contributed by atoms with E-state index in [9.17, 15) is 18.3 Å². The summed E-state index contributed by atoms with van der Waals surface area (Å²) in [5.74, 6) is -0.130. The predicted octanol–water partition coefficient (Wildman–Crippen LogP) is 4.66. The lowest BCUT2D eigenvalue weighted by Crippen LogP contribution is -2.26. The number of hydrogen-bond donors (Lipinski definition) is 1. The number of nitrogens with zero attached hydrogens (tertiary/aromatic N) is 2. The second-order valence-electron chi connectivity index (χ2n) is 6.86. The monoisotopic (exact) mass is 332 g/mol. The number of fused-ring (bicyclic) bond motifs is 1. The summed E-state index contributed by atoms with van der Waals surface area (Å²) in [5.41, 5.74) is 0.164. The van der Waals surface area contributed by atoms with Crippen LogP contribution in [-0.4, -0.2) is 14.5 Å². The first kappa shape index (κ1) is 15.8. The molecule has 0 saturated heterocycles. The fraction of sp³-hybridized carbons (Fsp3) is 0.667. The van der Waals surface area contributed by atoms with Gasteiger partial charge in [-0.05, 0) is 37.0 Å². The molecule has 0 radical (unpaired) electrons. The first-order chi connectivity index (χ1) is 10.2. The molecule has 1 aliphatic rings. The first-order valence-corrected chi connectivity index (χ1v) is 8.21. The zero-order valence-electron chi connectivity index (χ0n) is 12.5. The smallest absolute Gasteiger partial charge is 0.387 e. The van der Waals surface area contributed by atoms with Gasteiger partial charge in [0, 0.05) is 0 Å². The molecule has 1 saturated carbocycles. The van der Waals surface area contributed by atoms with Crippen LogP contribution in [0.3, 0.4) is 0 Å². The number of alkyl halides is 3. The van der Waals surface area contributed by atoms with Crippen molar-refractivity contribution in [3.05, 3.63) is 23.1 Å². The molecule has 122 valence electrons. The molecule has 1 N–H and O–H groups in total. The van der Waals surface area contributed by atoms with Crippen LogP contribution in [0.4, 0.5) is 13.2 Å². The van der Waals surface area contributed by atoms with Gasteiger partial charge in [0.25, 0.3) is 0 Å². The Morgan fingerprint density at radius 1 is 1.36 bits per heavy atom. The Labute approximate surface area is 130 Å². The van der Waals surface area contributed by atoms with E-state index in [2.05, 4.69) is 18.8 Å². The van der Waals surface area contributed by atoms with E-state index in [1.165, 1.54) is 16.9 Å². The zero-order chi connectivity index (χ0) is 16.1. The van der Waals surface area contributed by atoms with E-state index in [4.69, 9.17) is 0 Å². The molecule has 22 heavy (non-hydrogen) atoms. The topological polar surface area (TPSA) is 37.5 Å². The van der Waals surface area contributed by atoms with Crippen LogP contribution in [0, 0.1) is 11.3 Å². The van der Waals surface area contributed by atoms with Gasteiger partial charge in [0.15, 0.2) is 0 Å². The van der Waals surface area contributed by atoms with Gasteiger partial charge < -0.3 is 5.11 Å². The predicted molar refractivity (Wildman–Crippen MR) is 78.8 cm³/mol. The van der Waals surface area contributed by atoms with E-state index in [0.29, 0.717) is 16.2 Å². The highest BCUT2D eigenvalue weighted by atomic mass is 32.1. The number of aliphatic hydroxyl groups excluding tert-OH is 1. The van der Waals surface area contributed by atoms with Crippen molar-refractivity contribution in [3.63, 3.8) is 0 Å². The number of halogens is 3. The Balaban J connectivity index is 1.96. The van der Waals surface area contributed by atoms with Crippen LogP contribution >= 0.6 is 11.3 Å². The van der Waals surface area contributed by atoms with Crippen LogP contribution in [0.15, 0.2) is 12.5 Å². The summed E-state index contributed by atoms with van der Waals surface area (Å²) in [6.45, 7) is 4.32. The lowest BCUT2D eigenvalue weighted by atomic mass is 9.71. The SMILES string of the molecule is CC1(C)CCC(C(O)c2c(C(F)(F)F)sc3cncn23)CC1. The minimum atomic E-state index is -4.45. The second-order valence-corrected chi connectivity index (χ2v) is 7.89. The second kappa shape index (κ2) is 5.23. The minimum Gasteiger partial charge on any atom is -0.387 e. The Morgan fingerprint density at radius 2 is 2.00 bits per heavy atom. The van der Waals surface area contributed by atoms with E-state index in [0.717, 1.165) is 25.7 Å². The number of imidazole rings is 1. The van der Waals surface area contributed by atoms with Crippen molar-refractivity contribution in [1.82, 2.24) is 9.38 Å². The molecule has 1 fully saturated rings. The Hall–Kier alpha value is -1.08. The van der Waals surface area contributed by atoms with Crippen LogP contribution in [0.25, 0.3) is 4.83 Å². The van der Waals surface area contributed by atoms with Crippen molar-refractivity contribution < 1.29 is 18.3 Å². The Kier molecular flexibility index (Phi) is 3.76. The van der Waals surface area contributed by atoms with Gasteiger partial charge in [-0.3, -0.25) is 4.40 Å². The number of hydrogen-bond acceptors (Lipinski definition) is 3. The van der Waals surface area contributed by atoms with E-state index in [-0.39, 0.29) is 17.0 Å². The van der Waals surface area contributed by atoms with Gasteiger partial charge in [-0.1, -0.05) is 13.8 Å². The van der Waals surface area contributed by atoms with Gasteiger partial charge in [0.1, 0.15) is 16.0 Å². The molecule has 0 amide bonds. The summed E-state index contributed by atoms with van der Waals surface area (Å²) in [5, 5.41) is 10.6. The third-order valence-electron chi connectivity index (χ3n) is 4.67. The van der Waals surface area contributed by atoms with E-state index < -0.39 is 17.2 Å². The quantitative estimate of drug-likeness (QED) is 0.868. The summed E-state index contributed by atoms with van der Waals surface area (Å²) >= 11 is 0.645. The maximum atomic E-state index is 13.3. The van der Waals surface area contributed by atoms with Crippen molar-refractivity contribution in [3.8, 4) is 0 Å². The van der Waals surface area contributed by atoms with Crippen molar-refractivity contribution in [2.75, 3.05) is 0 Å². The standard InChI is InChI=1S/C15H19F3N2OS/c1-14(2)5-3-9(4-6-14)12(21)11-13(15(16,17)18)22-10-7-19-8-20(10)11/h7-9,12,21H,3-6H2,1-2H3. The molecular weight excluding hydrogens is 313 g/mol. The van der Waals surface area contributed by atoms with Crippen LogP contribution in [0.2, 0.25) is 0 Å². The molecule has 1 atom stereocenters. The summed E-state index contributed by atoms with van der Waals surface area (Å²) in [7, 11) is 0. The molecule has 3 nitrogen and oxygen atoms in total. The lowest BCUT2D eigenvalue weighted by molar-refractivity contribution is -0.136. The molecule has 1 unspecified atom stereocenters. The fourth-order valence-electron chi connectivity index (χ4n) is 3.25. The van der Waals surface area contributed by atoms with E-state index >= 15 is 0 Å². The molecule has 7 heteroatoms. The van der Waals surface area contributed by atoms with Crippen LogP contribution < -0.4 is 0 Å². The molecule has 0 bridgehead atoms. The number of thiazole rings is 1. The summed E-state index contributed by atoms with van der Waals surface area (Å²) in [4.78, 5) is 3.60. The zero-order valence-corrected chi connectivity index (χ0v) is 13.3. The van der Waals surface area contributed by atoms with Crippen molar-refractivity contribution in [2.24, 2.45) is 11.3 Å². The average molecular weight is 332 g/mol. The van der Waals surface area contributed by atoms with Crippen molar-refractivity contribution in [1.29, 1.82) is 0 Å². The molecule has 0 spiro atoms. The highest BCUT2D eigenvalue weighted by Crippen LogP contribution is 2.47. The maximum absolute atomic E-state index is 13.3. The summed E-state index contributed by atoms with van der Waals surface area (Å²) < 4.78 is 41.2. The molecule has 3 rings (SSSR count). The molecule has 2 aromatic rings. The Bertz CT molecular complexity index is 664. The maximum Gasteiger partial charge on any atom is 0.427 e. The minimum absolute atomic E-state index is 0.0466. The molecule has 2 heterocycles. The third-order valence-corrected chi connectivity index (χ3v) is 5.83.